The van der Waals surface area contributed by atoms with E-state index in [4.69, 9.17) is 5.41 Å². The van der Waals surface area contributed by atoms with Crippen molar-refractivity contribution >= 4 is 28.9 Å². The fraction of sp³-hybridized carbons (Fsp3) is 0.179. The quantitative estimate of drug-likeness (QED) is 0.239. The van der Waals surface area contributed by atoms with Crippen molar-refractivity contribution in [2.75, 3.05) is 5.32 Å². The smallest absolute Gasteiger partial charge is 0.123 e. The van der Waals surface area contributed by atoms with Crippen molar-refractivity contribution in [3.63, 3.8) is 0 Å². The summed E-state index contributed by atoms with van der Waals surface area (Å²) in [6, 6.07) is 26.2. The van der Waals surface area contributed by atoms with Crippen LogP contribution in [0.15, 0.2) is 90.3 Å². The third kappa shape index (κ3) is 4.90. The van der Waals surface area contributed by atoms with Gasteiger partial charge in [0.15, 0.2) is 0 Å². The number of hydrogen-bond acceptors (Lipinski definition) is 4. The molecule has 3 aromatic carbocycles. The Morgan fingerprint density at radius 3 is 2.30 bits per heavy atom. The van der Waals surface area contributed by atoms with Crippen LogP contribution in [0.5, 0.6) is 0 Å². The normalized spacial score (nSPS) is 13.3. The molecule has 0 saturated heterocycles. The van der Waals surface area contributed by atoms with Crippen molar-refractivity contribution in [1.82, 2.24) is 0 Å². The van der Waals surface area contributed by atoms with Crippen LogP contribution in [0, 0.1) is 16.6 Å². The zero-order valence-electron chi connectivity index (χ0n) is 18.6. The van der Waals surface area contributed by atoms with Crippen molar-refractivity contribution in [2.45, 2.75) is 25.9 Å². The molecule has 3 nitrogen and oxygen atoms in total. The molecule has 0 fully saturated rings. The summed E-state index contributed by atoms with van der Waals surface area (Å²) in [7, 11) is 0. The molecule has 0 spiro atoms. The number of hydrogen-bond donors (Lipinski definition) is 3. The van der Waals surface area contributed by atoms with Crippen LogP contribution in [-0.2, 0) is 0 Å². The Hall–Kier alpha value is -3.28. The molecule has 2 unspecified atom stereocenters. The number of benzene rings is 3. The third-order valence-electron chi connectivity index (χ3n) is 6.08. The first-order chi connectivity index (χ1) is 15.9. The SMILES string of the molecule is CC(C)(C(O)c1cccs1)C(c1ccccc1)c1ccc(Nc2ccc(F)cc2)c(C=N)c1. The lowest BCUT2D eigenvalue weighted by Crippen LogP contribution is -2.30. The standard InChI is InChI=1S/C28H27FN2OS/c1-28(2,27(32)25-9-6-16-33-25)26(19-7-4-3-5-8-19)20-10-15-24(21(17-20)18-30)31-23-13-11-22(29)12-14-23/h3-18,26-27,30-32H,1-2H3. The Morgan fingerprint density at radius 2 is 1.67 bits per heavy atom. The molecule has 0 radical (unpaired) electrons. The maximum absolute atomic E-state index is 13.3. The minimum absolute atomic E-state index is 0.102. The Bertz CT molecular complexity index is 1200. The average Bonchev–Trinajstić information content (AvgIpc) is 3.36. The second-order valence-electron chi connectivity index (χ2n) is 8.71. The number of nitrogens with one attached hydrogen (secondary N) is 2. The second kappa shape index (κ2) is 9.69. The highest BCUT2D eigenvalue weighted by molar-refractivity contribution is 7.10. The zero-order valence-corrected chi connectivity index (χ0v) is 19.4. The molecule has 4 rings (SSSR count). The zero-order chi connectivity index (χ0) is 23.4. The minimum atomic E-state index is -0.650. The van der Waals surface area contributed by atoms with E-state index in [1.807, 2.05) is 53.9 Å². The fourth-order valence-corrected chi connectivity index (χ4v) is 5.26. The molecule has 168 valence electrons. The van der Waals surface area contributed by atoms with Crippen LogP contribution in [0.2, 0.25) is 0 Å². The Morgan fingerprint density at radius 1 is 0.939 bits per heavy atom. The van der Waals surface area contributed by atoms with E-state index in [0.717, 1.165) is 32.9 Å². The summed E-state index contributed by atoms with van der Waals surface area (Å²) in [5.74, 6) is -0.394. The van der Waals surface area contributed by atoms with Gasteiger partial charge in [-0.25, -0.2) is 4.39 Å². The maximum atomic E-state index is 13.3. The van der Waals surface area contributed by atoms with Gasteiger partial charge in [0, 0.05) is 39.4 Å². The minimum Gasteiger partial charge on any atom is -0.387 e. The molecule has 1 aromatic heterocycles. The summed E-state index contributed by atoms with van der Waals surface area (Å²) in [5.41, 5.74) is 3.85. The van der Waals surface area contributed by atoms with E-state index in [0.29, 0.717) is 0 Å². The molecule has 0 aliphatic carbocycles. The van der Waals surface area contributed by atoms with Gasteiger partial charge in [0.05, 0.1) is 6.10 Å². The monoisotopic (exact) mass is 458 g/mol. The number of anilines is 2. The molecule has 33 heavy (non-hydrogen) atoms. The largest absolute Gasteiger partial charge is 0.387 e. The topological polar surface area (TPSA) is 56.1 Å². The van der Waals surface area contributed by atoms with Crippen LogP contribution < -0.4 is 5.32 Å². The molecular weight excluding hydrogens is 431 g/mol. The first-order valence-electron chi connectivity index (χ1n) is 10.8. The first kappa shape index (κ1) is 22.9. The van der Waals surface area contributed by atoms with Crippen LogP contribution in [0.3, 0.4) is 0 Å². The van der Waals surface area contributed by atoms with Gasteiger partial charge in [-0.1, -0.05) is 56.3 Å². The highest BCUT2D eigenvalue weighted by Crippen LogP contribution is 2.49. The van der Waals surface area contributed by atoms with Gasteiger partial charge in [0.25, 0.3) is 0 Å². The summed E-state index contributed by atoms with van der Waals surface area (Å²) in [6.07, 6.45) is 0.670. The number of rotatable bonds is 8. The molecule has 5 heteroatoms. The highest BCUT2D eigenvalue weighted by Gasteiger charge is 2.39. The number of thiophene rings is 1. The van der Waals surface area contributed by atoms with Crippen molar-refractivity contribution in [1.29, 1.82) is 5.41 Å². The average molecular weight is 459 g/mol. The van der Waals surface area contributed by atoms with Crippen molar-refractivity contribution in [3.8, 4) is 0 Å². The molecule has 2 atom stereocenters. The van der Waals surface area contributed by atoms with Gasteiger partial charge in [-0.15, -0.1) is 11.3 Å². The summed E-state index contributed by atoms with van der Waals surface area (Å²) in [4.78, 5) is 0.933. The Balaban J connectivity index is 1.75. The van der Waals surface area contributed by atoms with Crippen LogP contribution >= 0.6 is 11.3 Å². The highest BCUT2D eigenvalue weighted by atomic mass is 32.1. The molecule has 0 bridgehead atoms. The van der Waals surface area contributed by atoms with Gasteiger partial charge in [0.1, 0.15) is 5.82 Å². The Kier molecular flexibility index (Phi) is 6.72. The summed E-state index contributed by atoms with van der Waals surface area (Å²) >= 11 is 1.56. The molecule has 4 aromatic rings. The summed E-state index contributed by atoms with van der Waals surface area (Å²) in [6.45, 7) is 4.17. The van der Waals surface area contributed by atoms with Gasteiger partial charge < -0.3 is 15.8 Å². The van der Waals surface area contributed by atoms with E-state index in [1.165, 1.54) is 18.3 Å². The fourth-order valence-electron chi connectivity index (χ4n) is 4.35. The maximum Gasteiger partial charge on any atom is 0.123 e. The van der Waals surface area contributed by atoms with Gasteiger partial charge in [-0.05, 0) is 59.0 Å². The van der Waals surface area contributed by atoms with E-state index >= 15 is 0 Å². The second-order valence-corrected chi connectivity index (χ2v) is 9.69. The van der Waals surface area contributed by atoms with Crippen molar-refractivity contribution in [3.05, 3.63) is 118 Å². The molecule has 0 aliphatic rings. The van der Waals surface area contributed by atoms with Crippen LogP contribution in [0.25, 0.3) is 0 Å². The predicted molar refractivity (Wildman–Crippen MR) is 135 cm³/mol. The molecule has 0 saturated carbocycles. The molecular formula is C28H27FN2OS. The van der Waals surface area contributed by atoms with Crippen molar-refractivity contribution < 1.29 is 9.50 Å². The first-order valence-corrected chi connectivity index (χ1v) is 11.7. The number of aliphatic hydroxyl groups excluding tert-OH is 1. The van der Waals surface area contributed by atoms with Crippen LogP contribution in [0.1, 0.15) is 47.4 Å². The summed E-state index contributed by atoms with van der Waals surface area (Å²) in [5, 5.41) is 24.6. The van der Waals surface area contributed by atoms with Crippen LogP contribution in [-0.4, -0.2) is 11.3 Å². The van der Waals surface area contributed by atoms with E-state index in [2.05, 4.69) is 31.3 Å². The lowest BCUT2D eigenvalue weighted by molar-refractivity contribution is 0.0401. The lowest BCUT2D eigenvalue weighted by Gasteiger charge is -2.39. The van der Waals surface area contributed by atoms with Gasteiger partial charge in [-0.3, -0.25) is 0 Å². The molecule has 1 heterocycles. The number of aliphatic hydroxyl groups is 1. The predicted octanol–water partition coefficient (Wildman–Crippen LogP) is 7.52. The van der Waals surface area contributed by atoms with Gasteiger partial charge in [0.2, 0.25) is 0 Å². The van der Waals surface area contributed by atoms with E-state index < -0.39 is 11.5 Å². The summed E-state index contributed by atoms with van der Waals surface area (Å²) < 4.78 is 13.3. The molecule has 3 N–H and O–H groups in total. The van der Waals surface area contributed by atoms with Crippen LogP contribution in [0.4, 0.5) is 15.8 Å². The third-order valence-corrected chi connectivity index (χ3v) is 7.01. The Labute approximate surface area is 198 Å². The molecule has 0 amide bonds. The van der Waals surface area contributed by atoms with Crippen molar-refractivity contribution in [2.24, 2.45) is 5.41 Å². The van der Waals surface area contributed by atoms with Gasteiger partial charge >= 0.3 is 0 Å². The van der Waals surface area contributed by atoms with E-state index in [1.54, 1.807) is 23.5 Å². The van der Waals surface area contributed by atoms with E-state index in [-0.39, 0.29) is 11.7 Å². The van der Waals surface area contributed by atoms with Gasteiger partial charge in [-0.2, -0.15) is 0 Å². The lowest BCUT2D eigenvalue weighted by atomic mass is 9.67. The molecule has 0 aliphatic heterocycles. The van der Waals surface area contributed by atoms with E-state index in [9.17, 15) is 9.50 Å². The number of halogens is 1.